The van der Waals surface area contributed by atoms with E-state index in [9.17, 15) is 14.0 Å². The highest BCUT2D eigenvalue weighted by Gasteiger charge is 2.28. The molecular weight excluding hydrogens is 407 g/mol. The topological polar surface area (TPSA) is 72.2 Å². The number of anilines is 1. The van der Waals surface area contributed by atoms with Gasteiger partial charge < -0.3 is 11.1 Å². The molecule has 2 amide bonds. The Morgan fingerprint density at radius 1 is 1.33 bits per heavy atom. The molecule has 0 spiro atoms. The van der Waals surface area contributed by atoms with Crippen LogP contribution in [0.4, 0.5) is 9.39 Å². The number of hydrogen-bond donors (Lipinski definition) is 2. The monoisotopic (exact) mass is 422 g/mol. The Balaban J connectivity index is 1.71. The number of nitrogens with two attached hydrogens (primary N) is 1. The van der Waals surface area contributed by atoms with Gasteiger partial charge >= 0.3 is 0 Å². The second kappa shape index (κ2) is 6.89. The molecule has 0 saturated carbocycles. The molecular formula is C19H16ClFN2O2S2. The third-order valence-electron chi connectivity index (χ3n) is 4.78. The number of benzene rings is 1. The molecule has 0 bridgehead atoms. The Labute approximate surface area is 168 Å². The maximum Gasteiger partial charge on any atom is 0.267 e. The normalized spacial score (nSPS) is 16.3. The van der Waals surface area contributed by atoms with Crippen LogP contribution >= 0.6 is 34.3 Å². The molecule has 2 aromatic heterocycles. The van der Waals surface area contributed by atoms with E-state index in [1.807, 2.05) is 0 Å². The summed E-state index contributed by atoms with van der Waals surface area (Å²) in [4.78, 5) is 26.2. The summed E-state index contributed by atoms with van der Waals surface area (Å²) in [7, 11) is 0. The lowest BCUT2D eigenvalue weighted by Gasteiger charge is -2.18. The van der Waals surface area contributed by atoms with Crippen LogP contribution in [-0.4, -0.2) is 11.8 Å². The molecule has 1 atom stereocenters. The minimum atomic E-state index is -0.540. The van der Waals surface area contributed by atoms with Crippen molar-refractivity contribution in [3.8, 4) is 0 Å². The maximum absolute atomic E-state index is 13.4. The molecule has 0 fully saturated rings. The molecule has 0 aliphatic heterocycles. The number of fused-ring (bicyclic) bond motifs is 2. The highest BCUT2D eigenvalue weighted by Crippen LogP contribution is 2.41. The zero-order valence-corrected chi connectivity index (χ0v) is 16.8. The van der Waals surface area contributed by atoms with Gasteiger partial charge in [-0.15, -0.1) is 22.7 Å². The van der Waals surface area contributed by atoms with Crippen LogP contribution in [0.3, 0.4) is 0 Å². The van der Waals surface area contributed by atoms with Crippen molar-refractivity contribution in [2.24, 2.45) is 11.7 Å². The molecule has 8 heteroatoms. The first-order valence-corrected chi connectivity index (χ1v) is 10.5. The maximum atomic E-state index is 13.4. The lowest BCUT2D eigenvalue weighted by atomic mass is 9.88. The molecule has 27 heavy (non-hydrogen) atoms. The molecule has 140 valence electrons. The van der Waals surface area contributed by atoms with E-state index in [1.54, 1.807) is 6.07 Å². The van der Waals surface area contributed by atoms with Gasteiger partial charge in [0, 0.05) is 15.0 Å². The predicted molar refractivity (Wildman–Crippen MR) is 109 cm³/mol. The van der Waals surface area contributed by atoms with Gasteiger partial charge in [0.25, 0.3) is 11.8 Å². The van der Waals surface area contributed by atoms with Crippen LogP contribution in [0.15, 0.2) is 18.2 Å². The van der Waals surface area contributed by atoms with Crippen LogP contribution in [0.25, 0.3) is 10.1 Å². The standard InChI is InChI=1S/C19H16ClFN2O2S2/c1-8-2-4-10-12(6-8)27-19(14(10)17(22)24)23-18(25)16-15(20)11-5-3-9(21)7-13(11)26-16/h3,5,7-8H,2,4,6H2,1H3,(H2,22,24)(H,23,25)/t8-/m0/s1. The van der Waals surface area contributed by atoms with E-state index in [2.05, 4.69) is 12.2 Å². The summed E-state index contributed by atoms with van der Waals surface area (Å²) in [5.74, 6) is -0.812. The van der Waals surface area contributed by atoms with Gasteiger partial charge in [-0.2, -0.15) is 0 Å². The Morgan fingerprint density at radius 2 is 2.11 bits per heavy atom. The Kier molecular flexibility index (Phi) is 4.70. The lowest BCUT2D eigenvalue weighted by Crippen LogP contribution is -2.19. The van der Waals surface area contributed by atoms with Gasteiger partial charge in [0.05, 0.1) is 10.6 Å². The summed E-state index contributed by atoms with van der Waals surface area (Å²) in [5, 5.41) is 4.18. The molecule has 0 saturated heterocycles. The van der Waals surface area contributed by atoms with E-state index < -0.39 is 11.8 Å². The third-order valence-corrected chi connectivity index (χ3v) is 7.61. The molecule has 4 rings (SSSR count). The lowest BCUT2D eigenvalue weighted by molar-refractivity contribution is 0.1000. The highest BCUT2D eigenvalue weighted by atomic mass is 35.5. The molecule has 3 N–H and O–H groups in total. The van der Waals surface area contributed by atoms with Crippen LogP contribution in [0.5, 0.6) is 0 Å². The van der Waals surface area contributed by atoms with Crippen molar-refractivity contribution in [2.75, 3.05) is 5.32 Å². The van der Waals surface area contributed by atoms with Gasteiger partial charge in [-0.1, -0.05) is 18.5 Å². The molecule has 0 radical (unpaired) electrons. The second-order valence-corrected chi connectivity index (χ2v) is 9.30. The van der Waals surface area contributed by atoms with Crippen LogP contribution in [0.1, 0.15) is 43.8 Å². The van der Waals surface area contributed by atoms with Crippen molar-refractivity contribution in [3.05, 3.63) is 49.9 Å². The van der Waals surface area contributed by atoms with E-state index in [4.69, 9.17) is 17.3 Å². The first-order chi connectivity index (χ1) is 12.8. The van der Waals surface area contributed by atoms with Gasteiger partial charge in [-0.25, -0.2) is 4.39 Å². The van der Waals surface area contributed by atoms with Gasteiger partial charge in [-0.3, -0.25) is 9.59 Å². The van der Waals surface area contributed by atoms with Crippen molar-refractivity contribution in [1.29, 1.82) is 0 Å². The Morgan fingerprint density at radius 3 is 2.85 bits per heavy atom. The Hall–Kier alpha value is -1.96. The van der Waals surface area contributed by atoms with Crippen LogP contribution in [0.2, 0.25) is 5.02 Å². The average molecular weight is 423 g/mol. The zero-order chi connectivity index (χ0) is 19.3. The summed E-state index contributed by atoms with van der Waals surface area (Å²) < 4.78 is 14.0. The molecule has 4 nitrogen and oxygen atoms in total. The fourth-order valence-electron chi connectivity index (χ4n) is 3.44. The van der Waals surface area contributed by atoms with Crippen molar-refractivity contribution in [3.63, 3.8) is 0 Å². The van der Waals surface area contributed by atoms with E-state index in [1.165, 1.54) is 23.5 Å². The van der Waals surface area contributed by atoms with Crippen molar-refractivity contribution < 1.29 is 14.0 Å². The smallest absolute Gasteiger partial charge is 0.267 e. The fourth-order valence-corrected chi connectivity index (χ4v) is 6.29. The van der Waals surface area contributed by atoms with Gasteiger partial charge in [-0.05, 0) is 48.9 Å². The van der Waals surface area contributed by atoms with Gasteiger partial charge in [0.1, 0.15) is 15.7 Å². The summed E-state index contributed by atoms with van der Waals surface area (Å²) in [6.45, 7) is 2.17. The number of thiophene rings is 2. The summed E-state index contributed by atoms with van der Waals surface area (Å²) in [5.41, 5.74) is 6.94. The molecule has 1 aliphatic rings. The van der Waals surface area contributed by atoms with E-state index in [0.717, 1.165) is 41.0 Å². The SMILES string of the molecule is C[C@H]1CCc2c(sc(NC(=O)c3sc4cc(F)ccc4c3Cl)c2C(N)=O)C1. The van der Waals surface area contributed by atoms with Crippen molar-refractivity contribution in [2.45, 2.75) is 26.2 Å². The Bertz CT molecular complexity index is 1090. The molecule has 1 aromatic carbocycles. The zero-order valence-electron chi connectivity index (χ0n) is 14.4. The van der Waals surface area contributed by atoms with Crippen LogP contribution < -0.4 is 11.1 Å². The van der Waals surface area contributed by atoms with E-state index in [0.29, 0.717) is 26.6 Å². The van der Waals surface area contributed by atoms with Gasteiger partial charge in [0.15, 0.2) is 0 Å². The number of rotatable bonds is 3. The number of nitrogens with one attached hydrogen (secondary N) is 1. The van der Waals surface area contributed by atoms with Crippen LogP contribution in [-0.2, 0) is 12.8 Å². The minimum Gasteiger partial charge on any atom is -0.365 e. The number of hydrogen-bond acceptors (Lipinski definition) is 4. The first-order valence-electron chi connectivity index (χ1n) is 8.48. The number of amides is 2. The first kappa shape index (κ1) is 18.4. The fraction of sp³-hybridized carbons (Fsp3) is 0.263. The highest BCUT2D eigenvalue weighted by molar-refractivity contribution is 7.22. The van der Waals surface area contributed by atoms with Crippen molar-refractivity contribution in [1.82, 2.24) is 0 Å². The van der Waals surface area contributed by atoms with Gasteiger partial charge in [0.2, 0.25) is 0 Å². The number of halogens is 2. The summed E-state index contributed by atoms with van der Waals surface area (Å²) in [6, 6.07) is 4.21. The van der Waals surface area contributed by atoms with E-state index in [-0.39, 0.29) is 15.7 Å². The quantitative estimate of drug-likeness (QED) is 0.606. The summed E-state index contributed by atoms with van der Waals surface area (Å²) >= 11 is 8.85. The average Bonchev–Trinajstić information content (AvgIpc) is 3.11. The third kappa shape index (κ3) is 3.24. The molecule has 3 aromatic rings. The second-order valence-electron chi connectivity index (χ2n) is 6.76. The van der Waals surface area contributed by atoms with Crippen molar-refractivity contribution >= 4 is 61.2 Å². The molecule has 2 heterocycles. The molecule has 0 unspecified atom stereocenters. The molecule has 1 aliphatic carbocycles. The van der Waals surface area contributed by atoms with E-state index >= 15 is 0 Å². The number of carbonyl (C=O) groups excluding carboxylic acids is 2. The predicted octanol–water partition coefficient (Wildman–Crippen LogP) is 5.23. The number of carbonyl (C=O) groups is 2. The largest absolute Gasteiger partial charge is 0.365 e. The minimum absolute atomic E-state index is 0.281. The summed E-state index contributed by atoms with van der Waals surface area (Å²) in [6.07, 6.45) is 2.65. The van der Waals surface area contributed by atoms with Crippen LogP contribution in [0, 0.1) is 11.7 Å². The number of primary amides is 1.